The van der Waals surface area contributed by atoms with E-state index in [2.05, 4.69) is 169 Å². The van der Waals surface area contributed by atoms with Crippen LogP contribution in [0.2, 0.25) is 0 Å². The highest BCUT2D eigenvalue weighted by atomic mass is 32.1. The van der Waals surface area contributed by atoms with Gasteiger partial charge in [0.05, 0.1) is 9.40 Å². The van der Waals surface area contributed by atoms with Crippen molar-refractivity contribution in [2.45, 2.75) is 0 Å². The Hall–Kier alpha value is -5.80. The summed E-state index contributed by atoms with van der Waals surface area (Å²) in [4.78, 5) is 0. The molecule has 11 rings (SSSR count). The summed E-state index contributed by atoms with van der Waals surface area (Å²) in [6.07, 6.45) is 0. The lowest BCUT2D eigenvalue weighted by molar-refractivity contribution is 1.69. The van der Waals surface area contributed by atoms with Gasteiger partial charge in [-0.2, -0.15) is 0 Å². The van der Waals surface area contributed by atoms with Crippen LogP contribution in [-0.4, -0.2) is 0 Å². The van der Waals surface area contributed by atoms with E-state index in [1.165, 1.54) is 107 Å². The van der Waals surface area contributed by atoms with Crippen LogP contribution in [-0.2, 0) is 0 Å². The summed E-state index contributed by atoms with van der Waals surface area (Å²) in [5.74, 6) is 0. The van der Waals surface area contributed by atoms with Crippen molar-refractivity contribution in [1.29, 1.82) is 0 Å². The Labute approximate surface area is 297 Å². The molecule has 232 valence electrons. The summed E-state index contributed by atoms with van der Waals surface area (Å²) < 4.78 is 4.09. The molecule has 0 bridgehead atoms. The third-order valence-corrected chi connectivity index (χ3v) is 12.8. The zero-order chi connectivity index (χ0) is 32.8. The Morgan fingerprint density at radius 2 is 0.800 bits per heavy atom. The summed E-state index contributed by atoms with van der Waals surface area (Å²) in [5, 5.41) is 16.6. The van der Waals surface area contributed by atoms with Crippen LogP contribution in [0, 0.1) is 0 Å². The van der Waals surface area contributed by atoms with Gasteiger partial charge < -0.3 is 0 Å². The third-order valence-electron chi connectivity index (χ3n) is 10.5. The van der Waals surface area contributed by atoms with Gasteiger partial charge in [0.1, 0.15) is 0 Å². The normalized spacial score (nSPS) is 12.0. The van der Waals surface area contributed by atoms with Gasteiger partial charge in [-0.1, -0.05) is 146 Å². The molecule has 0 atom stereocenters. The second kappa shape index (κ2) is 10.9. The highest BCUT2D eigenvalue weighted by Gasteiger charge is 2.19. The molecule has 0 radical (unpaired) electrons. The van der Waals surface area contributed by atoms with Crippen LogP contribution in [0.1, 0.15) is 0 Å². The Morgan fingerprint density at radius 3 is 1.44 bits per heavy atom. The van der Waals surface area contributed by atoms with Crippen LogP contribution in [0.5, 0.6) is 0 Å². The van der Waals surface area contributed by atoms with Gasteiger partial charge in [0.25, 0.3) is 0 Å². The molecule has 0 aliphatic carbocycles. The van der Waals surface area contributed by atoms with Gasteiger partial charge in [-0.15, -0.1) is 22.7 Å². The quantitative estimate of drug-likeness (QED) is 0.164. The standard InChI is InChI=1S/C48H28S2/c1-3-11-31-25-33(19-17-29(31)9-1)43-28-49-47-42(43)24-23-41-36-22-21-35(27-44(36)50-48(41)47)46-39-15-7-5-13-37(39)45(38-14-6-8-16-40(38)46)34-20-18-30-10-2-4-12-32(30)26-34/h1-28H. The van der Waals surface area contributed by atoms with Crippen molar-refractivity contribution in [3.05, 3.63) is 169 Å². The largest absolute Gasteiger partial charge is 0.142 e. The van der Waals surface area contributed by atoms with Crippen molar-refractivity contribution in [3.8, 4) is 33.4 Å². The number of benzene rings is 9. The van der Waals surface area contributed by atoms with E-state index in [-0.39, 0.29) is 0 Å². The first-order valence-corrected chi connectivity index (χ1v) is 18.8. The molecule has 0 spiro atoms. The molecule has 0 amide bonds. The summed E-state index contributed by atoms with van der Waals surface area (Å²) in [5.41, 5.74) is 7.73. The minimum Gasteiger partial charge on any atom is -0.142 e. The fraction of sp³-hybridized carbons (Fsp3) is 0. The minimum absolute atomic E-state index is 1.26. The maximum atomic E-state index is 2.44. The predicted molar refractivity (Wildman–Crippen MR) is 221 cm³/mol. The molecule has 0 saturated heterocycles. The summed E-state index contributed by atoms with van der Waals surface area (Å²) >= 11 is 3.81. The molecule has 11 aromatic rings. The van der Waals surface area contributed by atoms with Gasteiger partial charge in [0.15, 0.2) is 0 Å². The maximum absolute atomic E-state index is 2.44. The lowest BCUT2D eigenvalue weighted by Crippen LogP contribution is -1.90. The molecule has 0 saturated carbocycles. The number of hydrogen-bond donors (Lipinski definition) is 0. The molecule has 2 heterocycles. The van der Waals surface area contributed by atoms with E-state index < -0.39 is 0 Å². The van der Waals surface area contributed by atoms with Gasteiger partial charge in [-0.05, 0) is 94.5 Å². The smallest absolute Gasteiger partial charge is 0.0533 e. The Bertz CT molecular complexity index is 3100. The van der Waals surface area contributed by atoms with Gasteiger partial charge >= 0.3 is 0 Å². The van der Waals surface area contributed by atoms with Crippen molar-refractivity contribution in [1.82, 2.24) is 0 Å². The first-order chi connectivity index (χ1) is 24.8. The van der Waals surface area contributed by atoms with E-state index in [0.29, 0.717) is 0 Å². The van der Waals surface area contributed by atoms with Crippen molar-refractivity contribution in [3.63, 3.8) is 0 Å². The summed E-state index contributed by atoms with van der Waals surface area (Å²) in [6, 6.07) is 60.8. The van der Waals surface area contributed by atoms with Gasteiger partial charge in [0.2, 0.25) is 0 Å². The van der Waals surface area contributed by atoms with Crippen LogP contribution in [0.4, 0.5) is 0 Å². The van der Waals surface area contributed by atoms with Gasteiger partial charge in [0, 0.05) is 26.4 Å². The van der Waals surface area contributed by atoms with E-state index in [1.54, 1.807) is 0 Å². The van der Waals surface area contributed by atoms with Gasteiger partial charge in [-0.25, -0.2) is 0 Å². The van der Waals surface area contributed by atoms with E-state index in [4.69, 9.17) is 0 Å². The van der Waals surface area contributed by atoms with E-state index >= 15 is 0 Å². The molecule has 0 nitrogen and oxygen atoms in total. The highest BCUT2D eigenvalue weighted by molar-refractivity contribution is 7.30. The molecule has 9 aromatic carbocycles. The van der Waals surface area contributed by atoms with Crippen molar-refractivity contribution in [2.24, 2.45) is 0 Å². The lowest BCUT2D eigenvalue weighted by Gasteiger charge is -2.18. The molecule has 0 fully saturated rings. The number of hydrogen-bond acceptors (Lipinski definition) is 2. The second-order valence-electron chi connectivity index (χ2n) is 13.2. The lowest BCUT2D eigenvalue weighted by atomic mass is 9.85. The van der Waals surface area contributed by atoms with Crippen LogP contribution in [0.15, 0.2) is 169 Å². The molecule has 50 heavy (non-hydrogen) atoms. The van der Waals surface area contributed by atoms with Crippen LogP contribution in [0.25, 0.3) is 107 Å². The molecule has 2 aromatic heterocycles. The molecule has 0 aliphatic rings. The summed E-state index contributed by atoms with van der Waals surface area (Å²) in [6.45, 7) is 0. The molecule has 0 N–H and O–H groups in total. The number of rotatable bonds is 3. The monoisotopic (exact) mass is 668 g/mol. The second-order valence-corrected chi connectivity index (χ2v) is 15.2. The highest BCUT2D eigenvalue weighted by Crippen LogP contribution is 2.48. The van der Waals surface area contributed by atoms with Crippen LogP contribution < -0.4 is 0 Å². The van der Waals surface area contributed by atoms with Gasteiger partial charge in [-0.3, -0.25) is 0 Å². The van der Waals surface area contributed by atoms with Crippen LogP contribution >= 0.6 is 22.7 Å². The summed E-state index contributed by atoms with van der Waals surface area (Å²) in [7, 11) is 0. The zero-order valence-corrected chi connectivity index (χ0v) is 28.6. The third kappa shape index (κ3) is 4.16. The Kier molecular flexibility index (Phi) is 6.09. The molecular weight excluding hydrogens is 641 g/mol. The number of thiophene rings is 2. The van der Waals surface area contributed by atoms with E-state index in [0.717, 1.165) is 0 Å². The minimum atomic E-state index is 1.26. The molecule has 0 unspecified atom stereocenters. The Balaban J connectivity index is 1.11. The predicted octanol–water partition coefficient (Wildman–Crippen LogP) is 14.9. The molecular formula is C48H28S2. The zero-order valence-electron chi connectivity index (χ0n) is 27.0. The van der Waals surface area contributed by atoms with E-state index in [9.17, 15) is 0 Å². The average Bonchev–Trinajstić information content (AvgIpc) is 3.78. The van der Waals surface area contributed by atoms with Crippen molar-refractivity contribution in [2.75, 3.05) is 0 Å². The first kappa shape index (κ1) is 28.1. The first-order valence-electron chi connectivity index (χ1n) is 17.1. The Morgan fingerprint density at radius 1 is 0.320 bits per heavy atom. The van der Waals surface area contributed by atoms with E-state index in [1.807, 2.05) is 22.7 Å². The molecule has 2 heteroatoms. The fourth-order valence-electron chi connectivity index (χ4n) is 8.16. The van der Waals surface area contributed by atoms with Crippen molar-refractivity contribution >= 4 is 96.0 Å². The van der Waals surface area contributed by atoms with Crippen molar-refractivity contribution < 1.29 is 0 Å². The van der Waals surface area contributed by atoms with Crippen LogP contribution in [0.3, 0.4) is 0 Å². The average molecular weight is 669 g/mol. The number of fused-ring (bicyclic) bond motifs is 9. The SMILES string of the molecule is c1ccc2cc(-c3c4ccccc4c(-c4ccc5c(c4)sc4c5ccc5c(-c6ccc7ccccc7c6)csc54)c4ccccc34)ccc2c1. The molecule has 0 aliphatic heterocycles. The maximum Gasteiger partial charge on any atom is 0.0533 e. The fourth-order valence-corrected chi connectivity index (χ4v) is 10.6. The topological polar surface area (TPSA) is 0 Å².